The molecule has 32 heavy (non-hydrogen) atoms. The Labute approximate surface area is 200 Å². The van der Waals surface area contributed by atoms with E-state index < -0.39 is 23.2 Å². The highest BCUT2D eigenvalue weighted by molar-refractivity contribution is 14.1. The lowest BCUT2D eigenvalue weighted by Crippen LogP contribution is -2.26. The predicted molar refractivity (Wildman–Crippen MR) is 125 cm³/mol. The number of rotatable bonds is 8. The predicted octanol–water partition coefficient (Wildman–Crippen LogP) is 6.04. The molecule has 0 spiro atoms. The molecule has 1 atom stereocenters. The fraction of sp³-hybridized carbons (Fsp3) is 0.500. The van der Waals surface area contributed by atoms with E-state index in [2.05, 4.69) is 5.32 Å². The van der Waals surface area contributed by atoms with E-state index in [-0.39, 0.29) is 29.3 Å². The maximum Gasteiger partial charge on any atom is 0.164 e. The molecule has 1 heterocycles. The minimum atomic E-state index is -1.02. The van der Waals surface area contributed by atoms with Gasteiger partial charge in [-0.15, -0.1) is 0 Å². The van der Waals surface area contributed by atoms with Gasteiger partial charge in [0.05, 0.1) is 25.5 Å². The van der Waals surface area contributed by atoms with E-state index in [0.717, 1.165) is 28.9 Å². The molecule has 0 bridgehead atoms. The topological polar surface area (TPSA) is 39.7 Å². The Morgan fingerprint density at radius 2 is 1.91 bits per heavy atom. The maximum absolute atomic E-state index is 14.9. The van der Waals surface area contributed by atoms with E-state index >= 15 is 0 Å². The zero-order valence-corrected chi connectivity index (χ0v) is 20.5. The van der Waals surface area contributed by atoms with Crippen LogP contribution in [0.5, 0.6) is 5.75 Å². The van der Waals surface area contributed by atoms with Gasteiger partial charge in [-0.3, -0.25) is 0 Å². The van der Waals surface area contributed by atoms with Gasteiger partial charge in [0.25, 0.3) is 0 Å². The highest BCUT2D eigenvalue weighted by Crippen LogP contribution is 2.51. The molecule has 2 aromatic rings. The van der Waals surface area contributed by atoms with Crippen molar-refractivity contribution in [1.82, 2.24) is 0 Å². The third-order valence-corrected chi connectivity index (χ3v) is 6.88. The molecule has 8 heteroatoms. The normalized spacial score (nSPS) is 20.9. The molecular formula is C24H27F3INO3. The van der Waals surface area contributed by atoms with Gasteiger partial charge in [0.2, 0.25) is 0 Å². The van der Waals surface area contributed by atoms with Crippen LogP contribution in [0.2, 0.25) is 0 Å². The molecule has 4 rings (SSSR count). The second kappa shape index (κ2) is 9.02. The third kappa shape index (κ3) is 5.17. The van der Waals surface area contributed by atoms with Gasteiger partial charge >= 0.3 is 0 Å². The van der Waals surface area contributed by atoms with Crippen LogP contribution in [0.4, 0.5) is 18.9 Å². The molecule has 1 saturated carbocycles. The number of benzene rings is 2. The van der Waals surface area contributed by atoms with Crippen molar-refractivity contribution in [2.75, 3.05) is 25.6 Å². The van der Waals surface area contributed by atoms with E-state index in [1.54, 1.807) is 12.1 Å². The summed E-state index contributed by atoms with van der Waals surface area (Å²) in [6, 6.07) is 5.74. The molecule has 4 nitrogen and oxygen atoms in total. The zero-order valence-electron chi connectivity index (χ0n) is 18.4. The second-order valence-corrected chi connectivity index (χ2v) is 10.4. The summed E-state index contributed by atoms with van der Waals surface area (Å²) in [5.41, 5.74) is 0.703. The van der Waals surface area contributed by atoms with Crippen molar-refractivity contribution in [2.24, 2.45) is 5.41 Å². The summed E-state index contributed by atoms with van der Waals surface area (Å²) in [5.74, 6) is -2.85. The minimum Gasteiger partial charge on any atom is -0.494 e. The van der Waals surface area contributed by atoms with Crippen molar-refractivity contribution in [2.45, 2.75) is 51.4 Å². The van der Waals surface area contributed by atoms with Crippen LogP contribution in [0.1, 0.15) is 44.2 Å². The first-order valence-corrected chi connectivity index (χ1v) is 11.7. The van der Waals surface area contributed by atoms with Crippen molar-refractivity contribution in [3.05, 3.63) is 56.4 Å². The first-order chi connectivity index (χ1) is 15.1. The number of halogens is 4. The molecule has 174 valence electrons. The molecule has 2 aliphatic rings. The summed E-state index contributed by atoms with van der Waals surface area (Å²) < 4.78 is 61.4. The van der Waals surface area contributed by atoms with E-state index in [0.29, 0.717) is 24.4 Å². The lowest BCUT2D eigenvalue weighted by atomic mass is 9.97. The van der Waals surface area contributed by atoms with Gasteiger partial charge in [-0.25, -0.2) is 13.2 Å². The third-order valence-electron chi connectivity index (χ3n) is 6.21. The molecule has 1 aliphatic carbocycles. The highest BCUT2D eigenvalue weighted by Gasteiger charge is 2.47. The van der Waals surface area contributed by atoms with Crippen LogP contribution in [0.3, 0.4) is 0 Å². The Kier molecular flexibility index (Phi) is 6.66. The van der Waals surface area contributed by atoms with Crippen molar-refractivity contribution >= 4 is 28.3 Å². The second-order valence-electron chi connectivity index (χ2n) is 9.15. The van der Waals surface area contributed by atoms with E-state index in [1.165, 1.54) is 13.2 Å². The van der Waals surface area contributed by atoms with Crippen molar-refractivity contribution in [3.63, 3.8) is 0 Å². The summed E-state index contributed by atoms with van der Waals surface area (Å²) in [5, 5.41) is 3.30. The number of hydrogen-bond donors (Lipinski definition) is 1. The summed E-state index contributed by atoms with van der Waals surface area (Å²) >= 11 is 2.01. The molecular weight excluding hydrogens is 534 g/mol. The van der Waals surface area contributed by atoms with Crippen molar-refractivity contribution in [3.8, 4) is 5.75 Å². The molecule has 2 aromatic carbocycles. The highest BCUT2D eigenvalue weighted by atomic mass is 127. The average molecular weight is 561 g/mol. The van der Waals surface area contributed by atoms with E-state index in [1.807, 2.05) is 36.4 Å². The van der Waals surface area contributed by atoms with Crippen molar-refractivity contribution in [1.29, 1.82) is 0 Å². The van der Waals surface area contributed by atoms with Gasteiger partial charge in [-0.2, -0.15) is 0 Å². The van der Waals surface area contributed by atoms with Crippen LogP contribution < -0.4 is 10.1 Å². The standard InChI is InChI=1S/C24H27F3INO3/c1-23(2)31-12-16(32-23)11-24(6-7-24)13-29-22-17(21(27)19(26)10-20(22)30-3)8-14-4-5-15(28)9-18(14)25/h4-5,9-10,16,29H,6-8,11-13H2,1-3H3/t16-/m1/s1. The summed E-state index contributed by atoms with van der Waals surface area (Å²) in [6.07, 6.45) is 2.74. The summed E-state index contributed by atoms with van der Waals surface area (Å²) in [6.45, 7) is 4.89. The van der Waals surface area contributed by atoms with Gasteiger partial charge in [0.1, 0.15) is 11.6 Å². The van der Waals surface area contributed by atoms with Gasteiger partial charge in [0, 0.05) is 28.2 Å². The molecule has 2 fully saturated rings. The monoisotopic (exact) mass is 561 g/mol. The molecule has 1 aliphatic heterocycles. The number of ether oxygens (including phenoxy) is 3. The van der Waals surface area contributed by atoms with Gasteiger partial charge in [-0.1, -0.05) is 6.07 Å². The Hall–Kier alpha value is -1.52. The number of hydrogen-bond acceptors (Lipinski definition) is 4. The summed E-state index contributed by atoms with van der Waals surface area (Å²) in [7, 11) is 1.41. The van der Waals surface area contributed by atoms with Crippen molar-refractivity contribution < 1.29 is 27.4 Å². The first-order valence-electron chi connectivity index (χ1n) is 10.7. The minimum absolute atomic E-state index is 0.00140. The van der Waals surface area contributed by atoms with Crippen LogP contribution in [0, 0.1) is 26.4 Å². The van der Waals surface area contributed by atoms with Crippen LogP contribution in [0.15, 0.2) is 24.3 Å². The molecule has 0 aromatic heterocycles. The Bertz CT molecular complexity index is 1010. The fourth-order valence-electron chi connectivity index (χ4n) is 4.28. The van der Waals surface area contributed by atoms with Crippen LogP contribution in [0.25, 0.3) is 0 Å². The van der Waals surface area contributed by atoms with Crippen LogP contribution in [-0.4, -0.2) is 32.2 Å². The number of nitrogens with one attached hydrogen (secondary N) is 1. The zero-order chi connectivity index (χ0) is 23.1. The van der Waals surface area contributed by atoms with Crippen LogP contribution in [-0.2, 0) is 15.9 Å². The number of methoxy groups -OCH3 is 1. The quantitative estimate of drug-likeness (QED) is 0.399. The average Bonchev–Trinajstić information content (AvgIpc) is 3.40. The molecule has 0 radical (unpaired) electrons. The van der Waals surface area contributed by atoms with Gasteiger partial charge in [0.15, 0.2) is 17.4 Å². The SMILES string of the molecule is COc1cc(F)c(F)c(Cc2ccc(I)cc2F)c1NCC1(C[C@@H]2COC(C)(C)O2)CC1. The molecule has 1 N–H and O–H groups in total. The van der Waals surface area contributed by atoms with Crippen LogP contribution >= 0.6 is 22.6 Å². The molecule has 0 unspecified atom stereocenters. The van der Waals surface area contributed by atoms with E-state index in [4.69, 9.17) is 14.2 Å². The number of anilines is 1. The summed E-state index contributed by atoms with van der Waals surface area (Å²) in [4.78, 5) is 0. The Morgan fingerprint density at radius 1 is 1.16 bits per heavy atom. The lowest BCUT2D eigenvalue weighted by molar-refractivity contribution is -0.140. The maximum atomic E-state index is 14.9. The first kappa shape index (κ1) is 23.6. The Morgan fingerprint density at radius 3 is 2.50 bits per heavy atom. The lowest BCUT2D eigenvalue weighted by Gasteiger charge is -2.24. The fourth-order valence-corrected chi connectivity index (χ4v) is 4.74. The van der Waals surface area contributed by atoms with Gasteiger partial charge in [-0.05, 0) is 78.8 Å². The molecule has 1 saturated heterocycles. The van der Waals surface area contributed by atoms with Gasteiger partial charge < -0.3 is 19.5 Å². The largest absolute Gasteiger partial charge is 0.494 e. The Balaban J connectivity index is 1.57. The molecule has 0 amide bonds. The smallest absolute Gasteiger partial charge is 0.164 e. The van der Waals surface area contributed by atoms with E-state index in [9.17, 15) is 13.2 Å².